The van der Waals surface area contributed by atoms with E-state index in [1.807, 2.05) is 37.3 Å². The quantitative estimate of drug-likeness (QED) is 0.414. The van der Waals surface area contributed by atoms with Crippen LogP contribution in [0, 0.1) is 12.7 Å². The van der Waals surface area contributed by atoms with E-state index in [0.717, 1.165) is 33.3 Å². The molecule has 0 saturated carbocycles. The van der Waals surface area contributed by atoms with Gasteiger partial charge in [-0.25, -0.2) is 9.37 Å². The minimum atomic E-state index is -0.721. The van der Waals surface area contributed by atoms with Crippen molar-refractivity contribution in [1.82, 2.24) is 20.2 Å². The number of aromatic amines is 1. The summed E-state index contributed by atoms with van der Waals surface area (Å²) >= 11 is 0. The number of carbonyl (C=O) groups is 1. The first-order valence-electron chi connectivity index (χ1n) is 9.53. The molecule has 2 aromatic heterocycles. The Labute approximate surface area is 175 Å². The second-order valence-corrected chi connectivity index (χ2v) is 7.30. The first-order chi connectivity index (χ1) is 14.9. The average molecular weight is 412 g/mol. The van der Waals surface area contributed by atoms with Crippen molar-refractivity contribution in [2.75, 3.05) is 5.73 Å². The summed E-state index contributed by atoms with van der Waals surface area (Å²) in [5.74, 6) is -0.369. The molecule has 0 fully saturated rings. The minimum absolute atomic E-state index is 0.0461. The predicted molar refractivity (Wildman–Crippen MR) is 118 cm³/mol. The van der Waals surface area contributed by atoms with Gasteiger partial charge in [-0.1, -0.05) is 18.2 Å². The lowest BCUT2D eigenvalue weighted by Crippen LogP contribution is -2.16. The monoisotopic (exact) mass is 412 g/mol. The number of primary amides is 1. The van der Waals surface area contributed by atoms with Gasteiger partial charge in [0.1, 0.15) is 17.2 Å². The van der Waals surface area contributed by atoms with Gasteiger partial charge < -0.3 is 16.5 Å². The van der Waals surface area contributed by atoms with E-state index in [4.69, 9.17) is 11.5 Å². The van der Waals surface area contributed by atoms with Crippen LogP contribution < -0.4 is 11.5 Å². The maximum Gasteiger partial charge on any atom is 0.271 e. The molecule has 1 amide bonds. The van der Waals surface area contributed by atoms with Crippen molar-refractivity contribution in [3.8, 4) is 22.5 Å². The number of nitrogen functional groups attached to an aromatic ring is 1. The van der Waals surface area contributed by atoms with Crippen LogP contribution in [0.4, 0.5) is 10.1 Å². The van der Waals surface area contributed by atoms with E-state index >= 15 is 0 Å². The van der Waals surface area contributed by atoms with E-state index < -0.39 is 5.91 Å². The Morgan fingerprint density at radius 3 is 2.48 bits per heavy atom. The number of aryl methyl sites for hydroxylation is 1. The number of carbonyl (C=O) groups excluding carboxylic acids is 1. The summed E-state index contributed by atoms with van der Waals surface area (Å²) in [6.45, 7) is 1.97. The number of nitrogens with two attached hydrogens (primary N) is 2. The summed E-state index contributed by atoms with van der Waals surface area (Å²) in [5.41, 5.74) is 17.4. The Hall–Kier alpha value is -4.33. The third-order valence-corrected chi connectivity index (χ3v) is 5.30. The largest absolute Gasteiger partial charge is 0.396 e. The van der Waals surface area contributed by atoms with Gasteiger partial charge in [-0.3, -0.25) is 4.79 Å². The molecule has 3 aromatic carbocycles. The van der Waals surface area contributed by atoms with Crippen LogP contribution in [0.1, 0.15) is 16.1 Å². The average Bonchev–Trinajstić information content (AvgIpc) is 3.17. The van der Waals surface area contributed by atoms with Crippen molar-refractivity contribution < 1.29 is 9.18 Å². The number of amides is 1. The van der Waals surface area contributed by atoms with Gasteiger partial charge in [0.25, 0.3) is 5.91 Å². The van der Waals surface area contributed by atoms with Crippen LogP contribution in [0.25, 0.3) is 44.5 Å². The number of aromatic nitrogens is 4. The fourth-order valence-electron chi connectivity index (χ4n) is 3.75. The first-order valence-corrected chi connectivity index (χ1v) is 9.53. The highest BCUT2D eigenvalue weighted by Crippen LogP contribution is 2.35. The highest BCUT2D eigenvalue weighted by molar-refractivity contribution is 6.08. The third-order valence-electron chi connectivity index (χ3n) is 5.30. The van der Waals surface area contributed by atoms with Gasteiger partial charge >= 0.3 is 0 Å². The standard InChI is InChI=1S/C23H17FN6O/c1-11-2-8-15-19(25)21(22(26)31)30-29-20(15)18(11)13-5-9-16-17(10-13)28-23(27-16)12-3-6-14(24)7-4-12/h2-10H,1H3,(H2,25,29)(H2,26,31)(H,27,28). The molecule has 0 aliphatic rings. The summed E-state index contributed by atoms with van der Waals surface area (Å²) in [6.07, 6.45) is 0. The molecular formula is C23H17FN6O. The number of anilines is 1. The number of fused-ring (bicyclic) bond motifs is 2. The molecule has 0 atom stereocenters. The zero-order valence-corrected chi connectivity index (χ0v) is 16.5. The number of benzene rings is 3. The lowest BCUT2D eigenvalue weighted by atomic mass is 9.96. The molecule has 0 aliphatic carbocycles. The number of hydrogen-bond acceptors (Lipinski definition) is 5. The van der Waals surface area contributed by atoms with Gasteiger partial charge in [0.2, 0.25) is 0 Å². The van der Waals surface area contributed by atoms with Crippen molar-refractivity contribution in [2.24, 2.45) is 5.73 Å². The molecule has 5 N–H and O–H groups in total. The maximum absolute atomic E-state index is 13.2. The van der Waals surface area contributed by atoms with Gasteiger partial charge in [0, 0.05) is 16.5 Å². The Morgan fingerprint density at radius 2 is 1.74 bits per heavy atom. The Morgan fingerprint density at radius 1 is 1.00 bits per heavy atom. The molecule has 7 nitrogen and oxygen atoms in total. The van der Waals surface area contributed by atoms with E-state index in [1.165, 1.54) is 12.1 Å². The summed E-state index contributed by atoms with van der Waals surface area (Å²) < 4.78 is 13.2. The summed E-state index contributed by atoms with van der Waals surface area (Å²) in [5, 5.41) is 8.81. The second kappa shape index (κ2) is 6.88. The highest BCUT2D eigenvalue weighted by Gasteiger charge is 2.17. The Bertz CT molecular complexity index is 1490. The molecule has 5 rings (SSSR count). The van der Waals surface area contributed by atoms with Crippen LogP contribution in [0.15, 0.2) is 54.6 Å². The molecule has 152 valence electrons. The number of nitrogens with zero attached hydrogens (tertiary/aromatic N) is 3. The number of rotatable bonds is 3. The van der Waals surface area contributed by atoms with Gasteiger partial charge in [-0.05, 0) is 54.4 Å². The maximum atomic E-state index is 13.2. The van der Waals surface area contributed by atoms with Gasteiger partial charge in [0.15, 0.2) is 5.69 Å². The fraction of sp³-hybridized carbons (Fsp3) is 0.0435. The lowest BCUT2D eigenvalue weighted by molar-refractivity contribution is 0.0996. The summed E-state index contributed by atoms with van der Waals surface area (Å²) in [7, 11) is 0. The Balaban J connectivity index is 1.68. The van der Waals surface area contributed by atoms with Gasteiger partial charge in [-0.2, -0.15) is 0 Å². The highest BCUT2D eigenvalue weighted by atomic mass is 19.1. The number of hydrogen-bond donors (Lipinski definition) is 3. The Kier molecular flexibility index (Phi) is 4.14. The smallest absolute Gasteiger partial charge is 0.271 e. The summed E-state index contributed by atoms with van der Waals surface area (Å²) in [6, 6.07) is 15.7. The van der Waals surface area contributed by atoms with Gasteiger partial charge in [-0.15, -0.1) is 10.2 Å². The number of H-pyrrole nitrogens is 1. The van der Waals surface area contributed by atoms with E-state index in [0.29, 0.717) is 16.7 Å². The second-order valence-electron chi connectivity index (χ2n) is 7.30. The number of nitrogens with one attached hydrogen (secondary N) is 1. The van der Waals surface area contributed by atoms with E-state index in [9.17, 15) is 9.18 Å². The lowest BCUT2D eigenvalue weighted by Gasteiger charge is -2.12. The molecule has 0 bridgehead atoms. The van der Waals surface area contributed by atoms with Crippen LogP contribution >= 0.6 is 0 Å². The van der Waals surface area contributed by atoms with E-state index in [1.54, 1.807) is 12.1 Å². The molecule has 0 unspecified atom stereocenters. The number of halogens is 1. The third kappa shape index (κ3) is 3.05. The molecule has 5 aromatic rings. The van der Waals surface area contributed by atoms with Crippen LogP contribution in [0.2, 0.25) is 0 Å². The molecule has 0 spiro atoms. The van der Waals surface area contributed by atoms with Crippen LogP contribution in [0.3, 0.4) is 0 Å². The topological polar surface area (TPSA) is 124 Å². The molecule has 0 radical (unpaired) electrons. The van der Waals surface area contributed by atoms with Crippen molar-refractivity contribution >= 4 is 33.5 Å². The minimum Gasteiger partial charge on any atom is -0.396 e. The molecule has 31 heavy (non-hydrogen) atoms. The van der Waals surface area contributed by atoms with Gasteiger partial charge in [0.05, 0.1) is 16.7 Å². The molecule has 8 heteroatoms. The first kappa shape index (κ1) is 18.7. The van der Waals surface area contributed by atoms with E-state index in [-0.39, 0.29) is 17.2 Å². The SMILES string of the molecule is Cc1ccc2c(N)c(C(N)=O)nnc2c1-c1ccc2nc(-c3ccc(F)cc3)[nH]c2c1. The number of imidazole rings is 1. The fourth-order valence-corrected chi connectivity index (χ4v) is 3.75. The van der Waals surface area contributed by atoms with Crippen molar-refractivity contribution in [1.29, 1.82) is 0 Å². The normalized spacial score (nSPS) is 11.3. The van der Waals surface area contributed by atoms with E-state index in [2.05, 4.69) is 20.2 Å². The molecule has 2 heterocycles. The zero-order valence-electron chi connectivity index (χ0n) is 16.5. The summed E-state index contributed by atoms with van der Waals surface area (Å²) in [4.78, 5) is 19.5. The van der Waals surface area contributed by atoms with Crippen molar-refractivity contribution in [3.63, 3.8) is 0 Å². The molecule has 0 aliphatic heterocycles. The predicted octanol–water partition coefficient (Wildman–Crippen LogP) is 3.97. The van der Waals surface area contributed by atoms with Crippen LogP contribution in [-0.2, 0) is 0 Å². The van der Waals surface area contributed by atoms with Crippen LogP contribution in [0.5, 0.6) is 0 Å². The van der Waals surface area contributed by atoms with Crippen molar-refractivity contribution in [3.05, 3.63) is 71.7 Å². The van der Waals surface area contributed by atoms with Crippen LogP contribution in [-0.4, -0.2) is 26.1 Å². The molecule has 0 saturated heterocycles. The zero-order chi connectivity index (χ0) is 21.7. The van der Waals surface area contributed by atoms with Crippen molar-refractivity contribution in [2.45, 2.75) is 6.92 Å². The molecular weight excluding hydrogens is 395 g/mol.